The van der Waals surface area contributed by atoms with Gasteiger partial charge in [-0.05, 0) is 31.5 Å². The van der Waals surface area contributed by atoms with E-state index in [2.05, 4.69) is 36.1 Å². The third kappa shape index (κ3) is 2.29. The normalized spacial score (nSPS) is 11.2. The Hall–Kier alpha value is -1.88. The maximum absolute atomic E-state index is 5.36. The molecular weight excluding hydrogens is 270 g/mol. The third-order valence-corrected chi connectivity index (χ3v) is 4.50. The van der Waals surface area contributed by atoms with E-state index in [0.717, 1.165) is 34.0 Å². The number of nitrogens with zero attached hydrogens (tertiary/aromatic N) is 2. The fourth-order valence-electron chi connectivity index (χ4n) is 2.16. The molecule has 0 radical (unpaired) electrons. The molecule has 0 amide bonds. The van der Waals surface area contributed by atoms with Crippen LogP contribution in [0.15, 0.2) is 22.8 Å². The zero-order valence-corrected chi connectivity index (χ0v) is 12.7. The quantitative estimate of drug-likeness (QED) is 0.785. The van der Waals surface area contributed by atoms with Crippen molar-refractivity contribution in [1.29, 1.82) is 0 Å². The Morgan fingerprint density at radius 3 is 2.85 bits per heavy atom. The minimum Gasteiger partial charge on any atom is -0.467 e. The van der Waals surface area contributed by atoms with Gasteiger partial charge in [-0.15, -0.1) is 11.3 Å². The van der Waals surface area contributed by atoms with Crippen molar-refractivity contribution in [3.63, 3.8) is 0 Å². The van der Waals surface area contributed by atoms with E-state index >= 15 is 0 Å². The first kappa shape index (κ1) is 13.1. The molecule has 3 heterocycles. The number of nitrogens with one attached hydrogen (secondary N) is 1. The smallest absolute Gasteiger partial charge is 0.139 e. The van der Waals surface area contributed by atoms with E-state index in [1.807, 2.05) is 12.1 Å². The van der Waals surface area contributed by atoms with Crippen LogP contribution in [0.5, 0.6) is 0 Å². The molecule has 4 nitrogen and oxygen atoms in total. The summed E-state index contributed by atoms with van der Waals surface area (Å²) in [5.41, 5.74) is 1.26. The molecule has 0 saturated carbocycles. The van der Waals surface area contributed by atoms with E-state index < -0.39 is 0 Å². The summed E-state index contributed by atoms with van der Waals surface area (Å²) in [6.45, 7) is 6.96. The van der Waals surface area contributed by atoms with Gasteiger partial charge in [0.05, 0.1) is 18.2 Å². The van der Waals surface area contributed by atoms with Gasteiger partial charge < -0.3 is 9.73 Å². The minimum absolute atomic E-state index is 0.636. The van der Waals surface area contributed by atoms with Gasteiger partial charge in [0.15, 0.2) is 0 Å². The van der Waals surface area contributed by atoms with Crippen molar-refractivity contribution >= 4 is 27.4 Å². The Morgan fingerprint density at radius 2 is 2.15 bits per heavy atom. The Labute approximate surface area is 121 Å². The molecule has 3 aromatic heterocycles. The van der Waals surface area contributed by atoms with Gasteiger partial charge in [0.25, 0.3) is 0 Å². The number of aromatic nitrogens is 2. The van der Waals surface area contributed by atoms with Crippen LogP contribution >= 0.6 is 11.3 Å². The van der Waals surface area contributed by atoms with Gasteiger partial charge in [0, 0.05) is 11.3 Å². The van der Waals surface area contributed by atoms with E-state index in [1.165, 1.54) is 10.4 Å². The number of furan rings is 1. The molecule has 0 unspecified atom stereocenters. The first-order chi connectivity index (χ1) is 9.69. The van der Waals surface area contributed by atoms with Crippen LogP contribution in [-0.4, -0.2) is 9.97 Å². The van der Waals surface area contributed by atoms with Crippen LogP contribution in [-0.2, 0) is 13.0 Å². The third-order valence-electron chi connectivity index (χ3n) is 3.40. The zero-order chi connectivity index (χ0) is 14.1. The van der Waals surface area contributed by atoms with Crippen molar-refractivity contribution in [2.45, 2.75) is 33.7 Å². The summed E-state index contributed by atoms with van der Waals surface area (Å²) < 4.78 is 5.36. The van der Waals surface area contributed by atoms with Crippen molar-refractivity contribution in [2.75, 3.05) is 5.32 Å². The zero-order valence-electron chi connectivity index (χ0n) is 11.9. The van der Waals surface area contributed by atoms with Crippen molar-refractivity contribution in [2.24, 2.45) is 0 Å². The summed E-state index contributed by atoms with van der Waals surface area (Å²) in [5.74, 6) is 2.69. The molecule has 3 rings (SSSR count). The first-order valence-corrected chi connectivity index (χ1v) is 7.53. The summed E-state index contributed by atoms with van der Waals surface area (Å²) >= 11 is 1.73. The van der Waals surface area contributed by atoms with Gasteiger partial charge in [-0.1, -0.05) is 6.92 Å². The van der Waals surface area contributed by atoms with Gasteiger partial charge in [-0.2, -0.15) is 0 Å². The molecule has 20 heavy (non-hydrogen) atoms. The summed E-state index contributed by atoms with van der Waals surface area (Å²) in [4.78, 5) is 11.6. The number of hydrogen-bond donors (Lipinski definition) is 1. The Bertz CT molecular complexity index is 731. The molecule has 0 spiro atoms. The highest BCUT2D eigenvalue weighted by molar-refractivity contribution is 7.18. The number of fused-ring (bicyclic) bond motifs is 1. The van der Waals surface area contributed by atoms with Crippen LogP contribution in [0.2, 0.25) is 0 Å². The SMILES string of the molecule is CCc1nc(NCc2ccco2)c2c(C)c(C)sc2n1. The maximum Gasteiger partial charge on any atom is 0.139 e. The Kier molecular flexibility index (Phi) is 3.44. The second-order valence-corrected chi connectivity index (χ2v) is 5.94. The van der Waals surface area contributed by atoms with E-state index in [4.69, 9.17) is 4.42 Å². The van der Waals surface area contributed by atoms with Crippen LogP contribution in [0.4, 0.5) is 5.82 Å². The lowest BCUT2D eigenvalue weighted by molar-refractivity contribution is 0.518. The lowest BCUT2D eigenvalue weighted by Crippen LogP contribution is -2.04. The number of rotatable bonds is 4. The van der Waals surface area contributed by atoms with Gasteiger partial charge in [0.1, 0.15) is 22.2 Å². The number of hydrogen-bond acceptors (Lipinski definition) is 5. The highest BCUT2D eigenvalue weighted by Gasteiger charge is 2.14. The van der Waals surface area contributed by atoms with Crippen LogP contribution in [0.1, 0.15) is 28.9 Å². The van der Waals surface area contributed by atoms with Crippen molar-refractivity contribution in [1.82, 2.24) is 9.97 Å². The van der Waals surface area contributed by atoms with Crippen LogP contribution in [0.25, 0.3) is 10.2 Å². The van der Waals surface area contributed by atoms with Crippen LogP contribution in [0, 0.1) is 13.8 Å². The molecule has 0 aromatic carbocycles. The molecule has 0 aliphatic carbocycles. The van der Waals surface area contributed by atoms with Crippen LogP contribution < -0.4 is 5.32 Å². The number of thiophene rings is 1. The van der Waals surface area contributed by atoms with Gasteiger partial charge >= 0.3 is 0 Å². The molecule has 104 valence electrons. The second-order valence-electron chi connectivity index (χ2n) is 4.74. The lowest BCUT2D eigenvalue weighted by atomic mass is 10.2. The topological polar surface area (TPSA) is 51.0 Å². The van der Waals surface area contributed by atoms with Crippen molar-refractivity contribution in [3.05, 3.63) is 40.4 Å². The van der Waals surface area contributed by atoms with E-state index in [1.54, 1.807) is 17.6 Å². The summed E-state index contributed by atoms with van der Waals surface area (Å²) in [5, 5.41) is 4.52. The second kappa shape index (κ2) is 5.25. The summed E-state index contributed by atoms with van der Waals surface area (Å²) in [7, 11) is 0. The fourth-order valence-corrected chi connectivity index (χ4v) is 3.21. The van der Waals surface area contributed by atoms with Gasteiger partial charge in [-0.3, -0.25) is 0 Å². The fraction of sp³-hybridized carbons (Fsp3) is 0.333. The average molecular weight is 287 g/mol. The molecule has 0 aliphatic rings. The van der Waals surface area contributed by atoms with Crippen molar-refractivity contribution in [3.8, 4) is 0 Å². The molecule has 0 atom stereocenters. The molecule has 0 saturated heterocycles. The van der Waals surface area contributed by atoms with Crippen LogP contribution in [0.3, 0.4) is 0 Å². The molecule has 3 aromatic rings. The summed E-state index contributed by atoms with van der Waals surface area (Å²) in [6.07, 6.45) is 2.52. The number of aryl methyl sites for hydroxylation is 3. The largest absolute Gasteiger partial charge is 0.467 e. The molecule has 1 N–H and O–H groups in total. The van der Waals surface area contributed by atoms with E-state index in [0.29, 0.717) is 6.54 Å². The van der Waals surface area contributed by atoms with Crippen molar-refractivity contribution < 1.29 is 4.42 Å². The first-order valence-electron chi connectivity index (χ1n) is 6.72. The van der Waals surface area contributed by atoms with Gasteiger partial charge in [0.2, 0.25) is 0 Å². The molecule has 0 bridgehead atoms. The van der Waals surface area contributed by atoms with Gasteiger partial charge in [-0.25, -0.2) is 9.97 Å². The van der Waals surface area contributed by atoms with E-state index in [9.17, 15) is 0 Å². The molecule has 5 heteroatoms. The highest BCUT2D eigenvalue weighted by Crippen LogP contribution is 2.33. The summed E-state index contributed by atoms with van der Waals surface area (Å²) in [6, 6.07) is 3.85. The standard InChI is InChI=1S/C15H17N3OS/c1-4-12-17-14(16-8-11-6-5-7-19-11)13-9(2)10(3)20-15(13)18-12/h5-7H,4,8H2,1-3H3,(H,16,17,18). The Morgan fingerprint density at radius 1 is 1.30 bits per heavy atom. The Balaban J connectivity index is 2.02. The highest BCUT2D eigenvalue weighted by atomic mass is 32.1. The average Bonchev–Trinajstić information content (AvgIpc) is 3.05. The molecular formula is C15H17N3OS. The number of anilines is 1. The lowest BCUT2D eigenvalue weighted by Gasteiger charge is -2.08. The minimum atomic E-state index is 0.636. The predicted molar refractivity (Wildman–Crippen MR) is 82.3 cm³/mol. The molecule has 0 fully saturated rings. The monoisotopic (exact) mass is 287 g/mol. The maximum atomic E-state index is 5.36. The molecule has 0 aliphatic heterocycles. The van der Waals surface area contributed by atoms with E-state index in [-0.39, 0.29) is 0 Å². The predicted octanol–water partition coefficient (Wildman–Crippen LogP) is 4.08.